The number of fused-ring (bicyclic) bond motifs is 1. The summed E-state index contributed by atoms with van der Waals surface area (Å²) < 4.78 is 45.2. The number of thiazole rings is 1. The van der Waals surface area contributed by atoms with Gasteiger partial charge in [-0.3, -0.25) is 4.79 Å². The molecule has 0 bridgehead atoms. The topological polar surface area (TPSA) is 115 Å². The van der Waals surface area contributed by atoms with Crippen LogP contribution < -0.4 is 10.2 Å². The number of thioether (sulfide) groups is 1. The molecule has 41 heavy (non-hydrogen) atoms. The first-order valence-electron chi connectivity index (χ1n) is 13.2. The summed E-state index contributed by atoms with van der Waals surface area (Å²) in [5.41, 5.74) is -0.0263. The molecule has 0 saturated carbocycles. The van der Waals surface area contributed by atoms with Crippen LogP contribution in [0.5, 0.6) is 5.75 Å². The van der Waals surface area contributed by atoms with Crippen LogP contribution in [0.2, 0.25) is 0 Å². The molecule has 0 radical (unpaired) electrons. The third kappa shape index (κ3) is 10.2. The summed E-state index contributed by atoms with van der Waals surface area (Å²) in [6.45, 7) is 6.83. The average molecular weight is 616 g/mol. The van der Waals surface area contributed by atoms with Gasteiger partial charge in [0.25, 0.3) is 0 Å². The molecule has 2 aromatic carbocycles. The van der Waals surface area contributed by atoms with E-state index >= 15 is 0 Å². The number of carbonyl (C=O) groups excluding carboxylic acids is 1. The number of carbonyl (C=O) groups is 1. The van der Waals surface area contributed by atoms with Crippen molar-refractivity contribution >= 4 is 39.4 Å². The monoisotopic (exact) mass is 615 g/mol. The number of hydrogen-bond acceptors (Lipinski definition) is 8. The third-order valence-electron chi connectivity index (χ3n) is 6.00. The molecule has 1 aromatic heterocycles. The van der Waals surface area contributed by atoms with E-state index in [-0.39, 0.29) is 30.1 Å². The van der Waals surface area contributed by atoms with Crippen LogP contribution in [0.1, 0.15) is 50.0 Å². The Labute approximate surface area is 244 Å². The fraction of sp³-hybridized carbons (Fsp3) is 0.500. The van der Waals surface area contributed by atoms with Crippen LogP contribution in [0.15, 0.2) is 41.2 Å². The molecule has 4 N–H and O–H groups in total. The van der Waals surface area contributed by atoms with Crippen molar-refractivity contribution in [3.8, 4) is 5.75 Å². The van der Waals surface area contributed by atoms with E-state index in [2.05, 4.69) is 10.3 Å². The summed E-state index contributed by atoms with van der Waals surface area (Å²) in [5.74, 6) is 1.47. The van der Waals surface area contributed by atoms with E-state index in [0.29, 0.717) is 40.9 Å². The van der Waals surface area contributed by atoms with Gasteiger partial charge in [-0.2, -0.15) is 24.9 Å². The van der Waals surface area contributed by atoms with Crippen molar-refractivity contribution in [3.63, 3.8) is 0 Å². The maximum atomic E-state index is 13.1. The van der Waals surface area contributed by atoms with E-state index in [4.69, 9.17) is 4.74 Å². The molecule has 0 spiro atoms. The van der Waals surface area contributed by atoms with E-state index in [1.807, 2.05) is 0 Å². The highest BCUT2D eigenvalue weighted by Crippen LogP contribution is 2.31. The molecule has 8 nitrogen and oxygen atoms in total. The van der Waals surface area contributed by atoms with Crippen LogP contribution in [0.4, 0.5) is 18.0 Å². The zero-order valence-corrected chi connectivity index (χ0v) is 24.8. The summed E-state index contributed by atoms with van der Waals surface area (Å²) in [5, 5.41) is 23.7. The number of nitrogens with one attached hydrogen (secondary N) is 2. The molecule has 0 fully saturated rings. The normalized spacial score (nSPS) is 13.0. The van der Waals surface area contributed by atoms with Crippen LogP contribution in [0, 0.1) is 0 Å². The number of rotatable bonds is 13. The Kier molecular flexibility index (Phi) is 11.5. The Morgan fingerprint density at radius 1 is 1.17 bits per heavy atom. The van der Waals surface area contributed by atoms with Gasteiger partial charge in [0, 0.05) is 37.5 Å². The summed E-state index contributed by atoms with van der Waals surface area (Å²) in [6.07, 6.45) is -4.83. The van der Waals surface area contributed by atoms with E-state index < -0.39 is 29.5 Å². The van der Waals surface area contributed by atoms with Gasteiger partial charge in [-0.1, -0.05) is 35.6 Å². The Balaban J connectivity index is 1.42. The minimum Gasteiger partial charge on any atom is -0.506 e. The van der Waals surface area contributed by atoms with Crippen LogP contribution in [0.3, 0.4) is 0 Å². The standard InChI is InChI=1S/C28H36F3N3O5S2/c1-27(2,3)39-26(38)34(13-10-18-6-4-7-19(16-18)28(29,30)31)12-5-14-40-15-11-32-17-22(36)20-8-9-21(35)23-24(20)41-25(37)33-23/h4,6-9,16,22,32,35-36H,5,10-15,17H2,1-3H3,(H,33,37)/t22-/m0/s1. The van der Waals surface area contributed by atoms with Crippen molar-refractivity contribution in [3.05, 3.63) is 62.8 Å². The number of nitrogens with zero attached hydrogens (tertiary/aromatic N) is 1. The second-order valence-electron chi connectivity index (χ2n) is 10.5. The van der Waals surface area contributed by atoms with E-state index in [9.17, 15) is 33.0 Å². The van der Waals surface area contributed by atoms with Gasteiger partial charge >= 0.3 is 17.1 Å². The van der Waals surface area contributed by atoms with E-state index in [1.165, 1.54) is 17.0 Å². The smallest absolute Gasteiger partial charge is 0.416 e. The Bertz CT molecular complexity index is 1350. The number of amides is 1. The fourth-order valence-corrected chi connectivity index (χ4v) is 5.79. The molecule has 0 aliphatic heterocycles. The lowest BCUT2D eigenvalue weighted by atomic mass is 10.1. The van der Waals surface area contributed by atoms with Crippen molar-refractivity contribution in [2.75, 3.05) is 37.7 Å². The molecule has 1 amide bonds. The first kappa shape index (κ1) is 32.8. The lowest BCUT2D eigenvalue weighted by Crippen LogP contribution is -2.38. The van der Waals surface area contributed by atoms with Gasteiger partial charge in [0.15, 0.2) is 0 Å². The quantitative estimate of drug-likeness (QED) is 0.187. The molecule has 3 aromatic rings. The van der Waals surface area contributed by atoms with Crippen molar-refractivity contribution in [2.45, 2.75) is 51.5 Å². The number of aromatic amines is 1. The second-order valence-corrected chi connectivity index (χ2v) is 12.7. The first-order chi connectivity index (χ1) is 19.2. The van der Waals surface area contributed by atoms with Crippen molar-refractivity contribution in [1.29, 1.82) is 0 Å². The molecule has 13 heteroatoms. The number of ether oxygens (including phenoxy) is 1. The molecule has 1 heterocycles. The number of phenols is 1. The number of alkyl halides is 3. The molecule has 0 aliphatic carbocycles. The number of aromatic nitrogens is 1. The molecule has 226 valence electrons. The maximum absolute atomic E-state index is 13.1. The van der Waals surface area contributed by atoms with Crippen LogP contribution in [-0.2, 0) is 17.3 Å². The second kappa shape index (κ2) is 14.4. The van der Waals surface area contributed by atoms with Gasteiger partial charge in [-0.25, -0.2) is 4.79 Å². The summed E-state index contributed by atoms with van der Waals surface area (Å²) in [4.78, 5) is 28.2. The first-order valence-corrected chi connectivity index (χ1v) is 15.2. The van der Waals surface area contributed by atoms with Gasteiger partial charge in [0.2, 0.25) is 0 Å². The number of aromatic hydroxyl groups is 1. The summed E-state index contributed by atoms with van der Waals surface area (Å²) in [6, 6.07) is 8.17. The molecule has 0 saturated heterocycles. The predicted octanol–water partition coefficient (Wildman–Crippen LogP) is 5.54. The van der Waals surface area contributed by atoms with Gasteiger partial charge < -0.3 is 30.2 Å². The highest BCUT2D eigenvalue weighted by atomic mass is 32.2. The zero-order chi connectivity index (χ0) is 30.2. The van der Waals surface area contributed by atoms with Gasteiger partial charge in [-0.15, -0.1) is 0 Å². The number of hydrogen-bond donors (Lipinski definition) is 4. The Morgan fingerprint density at radius 3 is 2.63 bits per heavy atom. The minimum atomic E-state index is -4.42. The summed E-state index contributed by atoms with van der Waals surface area (Å²) in [7, 11) is 0. The van der Waals surface area contributed by atoms with Crippen molar-refractivity contribution in [2.24, 2.45) is 0 Å². The number of halogens is 3. The Morgan fingerprint density at radius 2 is 1.93 bits per heavy atom. The molecule has 0 aliphatic rings. The lowest BCUT2D eigenvalue weighted by Gasteiger charge is -2.27. The molecule has 3 rings (SSSR count). The van der Waals surface area contributed by atoms with Gasteiger partial charge in [0.05, 0.1) is 16.4 Å². The predicted molar refractivity (Wildman–Crippen MR) is 157 cm³/mol. The summed E-state index contributed by atoms with van der Waals surface area (Å²) >= 11 is 2.61. The van der Waals surface area contributed by atoms with Crippen LogP contribution >= 0.6 is 23.1 Å². The van der Waals surface area contributed by atoms with Crippen molar-refractivity contribution in [1.82, 2.24) is 15.2 Å². The number of benzene rings is 2. The van der Waals surface area contributed by atoms with E-state index in [0.717, 1.165) is 35.0 Å². The van der Waals surface area contributed by atoms with Crippen LogP contribution in [-0.4, -0.2) is 69.5 Å². The molecular formula is C28H36F3N3O5S2. The maximum Gasteiger partial charge on any atom is 0.416 e. The SMILES string of the molecule is CC(C)(C)OC(=O)N(CCCSCCNC[C@H](O)c1ccc(O)c2[nH]c(=O)sc12)CCc1cccc(C(F)(F)F)c1. The van der Waals surface area contributed by atoms with E-state index in [1.54, 1.807) is 44.7 Å². The highest BCUT2D eigenvalue weighted by molar-refractivity contribution is 7.99. The molecule has 1 atom stereocenters. The minimum absolute atomic E-state index is 0.0421. The van der Waals surface area contributed by atoms with Crippen molar-refractivity contribution < 1.29 is 32.9 Å². The zero-order valence-electron chi connectivity index (χ0n) is 23.2. The largest absolute Gasteiger partial charge is 0.506 e. The number of phenolic OH excluding ortho intramolecular Hbond substituents is 1. The average Bonchev–Trinajstić information content (AvgIpc) is 3.28. The number of H-pyrrole nitrogens is 1. The number of aliphatic hydroxyl groups excluding tert-OH is 1. The highest BCUT2D eigenvalue weighted by Gasteiger charge is 2.30. The fourth-order valence-electron chi connectivity index (χ4n) is 4.04. The van der Waals surface area contributed by atoms with Crippen LogP contribution in [0.25, 0.3) is 10.2 Å². The van der Waals surface area contributed by atoms with Gasteiger partial charge in [-0.05, 0) is 57.1 Å². The van der Waals surface area contributed by atoms with Gasteiger partial charge in [0.1, 0.15) is 16.9 Å². The Hall–Kier alpha value is -2.74. The third-order valence-corrected chi connectivity index (χ3v) is 8.00. The lowest BCUT2D eigenvalue weighted by molar-refractivity contribution is -0.137. The molecular weight excluding hydrogens is 579 g/mol. The number of aliphatic hydroxyl groups is 1. The molecule has 0 unspecified atom stereocenters.